The second-order valence-corrected chi connectivity index (χ2v) is 5.53. The lowest BCUT2D eigenvalue weighted by Gasteiger charge is -2.13. The molecule has 2 aromatic rings. The predicted molar refractivity (Wildman–Crippen MR) is 87.7 cm³/mol. The monoisotopic (exact) mass is 350 g/mol. The van der Waals surface area contributed by atoms with Gasteiger partial charge in [0.1, 0.15) is 12.4 Å². The van der Waals surface area contributed by atoms with Crippen molar-refractivity contribution < 1.29 is 4.74 Å². The van der Waals surface area contributed by atoms with Gasteiger partial charge in [0, 0.05) is 28.8 Å². The van der Waals surface area contributed by atoms with E-state index in [0.29, 0.717) is 13.2 Å². The number of benzene rings is 1. The van der Waals surface area contributed by atoms with E-state index in [1.165, 1.54) is 0 Å². The smallest absolute Gasteiger partial charge is 0.250 e. The molecule has 0 bridgehead atoms. The van der Waals surface area contributed by atoms with Crippen molar-refractivity contribution in [3.63, 3.8) is 0 Å². The van der Waals surface area contributed by atoms with Crippen molar-refractivity contribution in [2.24, 2.45) is 0 Å². The van der Waals surface area contributed by atoms with Crippen LogP contribution in [0.15, 0.2) is 51.9 Å². The normalized spacial score (nSPS) is 10.6. The molecule has 4 nitrogen and oxygen atoms in total. The number of ether oxygens (including phenoxy) is 1. The van der Waals surface area contributed by atoms with Gasteiger partial charge in [-0.2, -0.15) is 0 Å². The Morgan fingerprint density at radius 2 is 2.14 bits per heavy atom. The molecule has 1 aromatic heterocycles. The van der Waals surface area contributed by atoms with Crippen LogP contribution in [0.5, 0.6) is 5.75 Å². The molecular formula is C16H19BrN2O2. The Hall–Kier alpha value is -1.59. The van der Waals surface area contributed by atoms with Crippen LogP contribution >= 0.6 is 15.9 Å². The third-order valence-corrected chi connectivity index (χ3v) is 3.57. The van der Waals surface area contributed by atoms with Crippen LogP contribution in [0.25, 0.3) is 0 Å². The lowest BCUT2D eigenvalue weighted by Crippen LogP contribution is -2.21. The number of pyridine rings is 1. The Balaban J connectivity index is 1.99. The van der Waals surface area contributed by atoms with Crippen LogP contribution in [0.1, 0.15) is 12.5 Å². The molecule has 5 heteroatoms. The van der Waals surface area contributed by atoms with Gasteiger partial charge in [0.25, 0.3) is 5.56 Å². The van der Waals surface area contributed by atoms with Gasteiger partial charge in [-0.25, -0.2) is 0 Å². The van der Waals surface area contributed by atoms with Gasteiger partial charge in [0.05, 0.1) is 6.54 Å². The van der Waals surface area contributed by atoms with Crippen LogP contribution in [0, 0.1) is 0 Å². The van der Waals surface area contributed by atoms with E-state index in [1.54, 1.807) is 22.9 Å². The molecule has 0 aliphatic rings. The highest BCUT2D eigenvalue weighted by molar-refractivity contribution is 9.10. The van der Waals surface area contributed by atoms with E-state index in [0.717, 1.165) is 28.9 Å². The largest absolute Gasteiger partial charge is 0.491 e. The van der Waals surface area contributed by atoms with Gasteiger partial charge in [-0.1, -0.05) is 28.9 Å². The molecule has 0 saturated carbocycles. The second kappa shape index (κ2) is 8.00. The number of hydrogen-bond acceptors (Lipinski definition) is 3. The molecule has 21 heavy (non-hydrogen) atoms. The van der Waals surface area contributed by atoms with Gasteiger partial charge in [0.15, 0.2) is 0 Å². The SMILES string of the molecule is CCNCc1cc(Br)ccc1OCCn1ccccc1=O. The number of aromatic nitrogens is 1. The standard InChI is InChI=1S/C16H19BrN2O2/c1-2-18-12-13-11-14(17)6-7-15(13)21-10-9-19-8-4-3-5-16(19)20/h3-8,11,18H,2,9-10,12H2,1H3. The quantitative estimate of drug-likeness (QED) is 0.834. The molecule has 0 amide bonds. The van der Waals surface area contributed by atoms with Crippen molar-refractivity contribution in [1.82, 2.24) is 9.88 Å². The van der Waals surface area contributed by atoms with Crippen molar-refractivity contribution in [2.45, 2.75) is 20.0 Å². The highest BCUT2D eigenvalue weighted by Crippen LogP contribution is 2.23. The Morgan fingerprint density at radius 1 is 1.29 bits per heavy atom. The average molecular weight is 351 g/mol. The van der Waals surface area contributed by atoms with Crippen molar-refractivity contribution >= 4 is 15.9 Å². The molecule has 0 unspecified atom stereocenters. The van der Waals surface area contributed by atoms with E-state index in [9.17, 15) is 4.79 Å². The number of nitrogens with zero attached hydrogens (tertiary/aromatic N) is 1. The van der Waals surface area contributed by atoms with Crippen LogP contribution in [0.3, 0.4) is 0 Å². The third kappa shape index (κ3) is 4.72. The first-order valence-electron chi connectivity index (χ1n) is 6.98. The van der Waals surface area contributed by atoms with Gasteiger partial charge in [-0.15, -0.1) is 0 Å². The summed E-state index contributed by atoms with van der Waals surface area (Å²) >= 11 is 3.47. The summed E-state index contributed by atoms with van der Waals surface area (Å²) in [7, 11) is 0. The molecule has 1 heterocycles. The Bertz CT molecular complexity index is 640. The Kier molecular flexibility index (Phi) is 6.02. The first-order valence-corrected chi connectivity index (χ1v) is 7.77. The summed E-state index contributed by atoms with van der Waals surface area (Å²) in [6, 6.07) is 11.1. The zero-order valence-corrected chi connectivity index (χ0v) is 13.6. The molecule has 112 valence electrons. The summed E-state index contributed by atoms with van der Waals surface area (Å²) in [4.78, 5) is 11.6. The number of nitrogens with one attached hydrogen (secondary N) is 1. The zero-order chi connectivity index (χ0) is 15.1. The van der Waals surface area contributed by atoms with Crippen LogP contribution in [0.4, 0.5) is 0 Å². The maximum absolute atomic E-state index is 11.6. The minimum atomic E-state index is -0.00946. The Labute approximate surface area is 132 Å². The molecule has 1 aromatic carbocycles. The lowest BCUT2D eigenvalue weighted by atomic mass is 10.2. The highest BCUT2D eigenvalue weighted by atomic mass is 79.9. The van der Waals surface area contributed by atoms with Gasteiger partial charge >= 0.3 is 0 Å². The van der Waals surface area contributed by atoms with Crippen molar-refractivity contribution in [2.75, 3.05) is 13.2 Å². The van der Waals surface area contributed by atoms with Crippen molar-refractivity contribution in [3.05, 3.63) is 63.0 Å². The van der Waals surface area contributed by atoms with Crippen LogP contribution in [-0.4, -0.2) is 17.7 Å². The molecule has 0 fully saturated rings. The van der Waals surface area contributed by atoms with E-state index in [-0.39, 0.29) is 5.56 Å². The van der Waals surface area contributed by atoms with E-state index in [1.807, 2.05) is 24.3 Å². The van der Waals surface area contributed by atoms with E-state index < -0.39 is 0 Å². The molecule has 0 atom stereocenters. The maximum atomic E-state index is 11.6. The van der Waals surface area contributed by atoms with E-state index >= 15 is 0 Å². The topological polar surface area (TPSA) is 43.3 Å². The van der Waals surface area contributed by atoms with Crippen LogP contribution in [-0.2, 0) is 13.1 Å². The van der Waals surface area contributed by atoms with Crippen LogP contribution in [0.2, 0.25) is 0 Å². The fourth-order valence-corrected chi connectivity index (χ4v) is 2.39. The highest BCUT2D eigenvalue weighted by Gasteiger charge is 2.04. The van der Waals surface area contributed by atoms with E-state index in [4.69, 9.17) is 4.74 Å². The van der Waals surface area contributed by atoms with E-state index in [2.05, 4.69) is 28.2 Å². The minimum Gasteiger partial charge on any atom is -0.491 e. The summed E-state index contributed by atoms with van der Waals surface area (Å²) in [6.07, 6.45) is 1.77. The average Bonchev–Trinajstić information content (AvgIpc) is 2.49. The summed E-state index contributed by atoms with van der Waals surface area (Å²) in [5.41, 5.74) is 1.09. The van der Waals surface area contributed by atoms with Crippen molar-refractivity contribution in [3.8, 4) is 5.75 Å². The molecule has 0 aliphatic carbocycles. The van der Waals surface area contributed by atoms with Crippen LogP contribution < -0.4 is 15.6 Å². The molecule has 0 aliphatic heterocycles. The zero-order valence-electron chi connectivity index (χ0n) is 12.0. The first-order chi connectivity index (χ1) is 10.2. The fourth-order valence-electron chi connectivity index (χ4n) is 1.99. The molecule has 0 radical (unpaired) electrons. The maximum Gasteiger partial charge on any atom is 0.250 e. The van der Waals surface area contributed by atoms with Gasteiger partial charge in [-0.05, 0) is 30.8 Å². The first kappa shape index (κ1) is 15.8. The van der Waals surface area contributed by atoms with Gasteiger partial charge in [0.2, 0.25) is 0 Å². The lowest BCUT2D eigenvalue weighted by molar-refractivity contribution is 0.293. The third-order valence-electron chi connectivity index (χ3n) is 3.08. The molecule has 0 spiro atoms. The van der Waals surface area contributed by atoms with Crippen molar-refractivity contribution in [1.29, 1.82) is 0 Å². The number of rotatable bonds is 7. The van der Waals surface area contributed by atoms with Gasteiger partial charge in [-0.3, -0.25) is 4.79 Å². The molecule has 1 N–H and O–H groups in total. The summed E-state index contributed by atoms with van der Waals surface area (Å²) in [5.74, 6) is 0.850. The summed E-state index contributed by atoms with van der Waals surface area (Å²) < 4.78 is 8.50. The summed E-state index contributed by atoms with van der Waals surface area (Å²) in [6.45, 7) is 4.74. The molecular weight excluding hydrogens is 332 g/mol. The number of halogens is 1. The number of hydrogen-bond donors (Lipinski definition) is 1. The Morgan fingerprint density at radius 3 is 2.90 bits per heavy atom. The predicted octanol–water partition coefficient (Wildman–Crippen LogP) is 2.80. The summed E-state index contributed by atoms with van der Waals surface area (Å²) in [5, 5.41) is 3.29. The fraction of sp³-hybridized carbons (Fsp3) is 0.312. The minimum absolute atomic E-state index is 0.00946. The molecule has 2 rings (SSSR count). The molecule has 0 saturated heterocycles. The second-order valence-electron chi connectivity index (χ2n) is 4.61. The van der Waals surface area contributed by atoms with Gasteiger partial charge < -0.3 is 14.6 Å².